The van der Waals surface area contributed by atoms with Crippen molar-refractivity contribution in [2.75, 3.05) is 17.7 Å². The van der Waals surface area contributed by atoms with Gasteiger partial charge in [0.2, 0.25) is 0 Å². The molecule has 0 fully saturated rings. The van der Waals surface area contributed by atoms with Gasteiger partial charge in [0.25, 0.3) is 5.91 Å². The molecular weight excluding hydrogens is 414 g/mol. The zero-order valence-corrected chi connectivity index (χ0v) is 18.0. The maximum Gasteiger partial charge on any atom is 0.307 e. The fourth-order valence-electron chi connectivity index (χ4n) is 2.77. The molecule has 29 heavy (non-hydrogen) atoms. The van der Waals surface area contributed by atoms with Gasteiger partial charge in [-0.25, -0.2) is 8.42 Å². The third kappa shape index (κ3) is 6.58. The highest BCUT2D eigenvalue weighted by atomic mass is 35.5. The van der Waals surface area contributed by atoms with Crippen LogP contribution in [0.1, 0.15) is 31.4 Å². The van der Waals surface area contributed by atoms with Gasteiger partial charge in [-0.05, 0) is 48.2 Å². The van der Waals surface area contributed by atoms with E-state index in [-0.39, 0.29) is 11.3 Å². The number of nitrogens with one attached hydrogen (secondary N) is 1. The van der Waals surface area contributed by atoms with Gasteiger partial charge in [0.1, 0.15) is 0 Å². The van der Waals surface area contributed by atoms with Gasteiger partial charge in [-0.1, -0.05) is 43.6 Å². The Balaban J connectivity index is 1.88. The lowest BCUT2D eigenvalue weighted by Crippen LogP contribution is -2.23. The predicted molar refractivity (Wildman–Crippen MR) is 113 cm³/mol. The second-order valence-electron chi connectivity index (χ2n) is 6.39. The quantitative estimate of drug-likeness (QED) is 0.602. The summed E-state index contributed by atoms with van der Waals surface area (Å²) in [5.41, 5.74) is 2.74. The summed E-state index contributed by atoms with van der Waals surface area (Å²) < 4.78 is 29.4. The molecule has 2 aromatic rings. The molecular formula is C21H24ClNO5S. The lowest BCUT2D eigenvalue weighted by atomic mass is 10.0. The van der Waals surface area contributed by atoms with Gasteiger partial charge in [-0.2, -0.15) is 0 Å². The Morgan fingerprint density at radius 3 is 2.14 bits per heavy atom. The van der Waals surface area contributed by atoms with Crippen LogP contribution in [0.3, 0.4) is 0 Å². The highest BCUT2D eigenvalue weighted by molar-refractivity contribution is 7.91. The van der Waals surface area contributed by atoms with Gasteiger partial charge in [-0.15, -0.1) is 0 Å². The molecule has 0 aromatic heterocycles. The van der Waals surface area contributed by atoms with Crippen molar-refractivity contribution in [3.8, 4) is 0 Å². The molecule has 1 amide bonds. The molecule has 2 rings (SSSR count). The second kappa shape index (κ2) is 10.4. The summed E-state index contributed by atoms with van der Waals surface area (Å²) in [6, 6.07) is 11.5. The number of hydrogen-bond acceptors (Lipinski definition) is 5. The average Bonchev–Trinajstić information content (AvgIpc) is 2.71. The van der Waals surface area contributed by atoms with E-state index in [1.165, 1.54) is 24.3 Å². The number of halogens is 1. The van der Waals surface area contributed by atoms with Gasteiger partial charge in [-0.3, -0.25) is 9.59 Å². The Hall–Kier alpha value is -2.38. The molecule has 2 aromatic carbocycles. The Labute approximate surface area is 176 Å². The number of carbonyl (C=O) groups is 2. The van der Waals surface area contributed by atoms with E-state index in [1.807, 2.05) is 32.0 Å². The molecule has 0 bridgehead atoms. The lowest BCUT2D eigenvalue weighted by Gasteiger charge is -2.14. The van der Waals surface area contributed by atoms with Crippen LogP contribution >= 0.6 is 11.6 Å². The van der Waals surface area contributed by atoms with Crippen LogP contribution in [-0.2, 0) is 37.0 Å². The summed E-state index contributed by atoms with van der Waals surface area (Å²) in [7, 11) is -3.64. The Morgan fingerprint density at radius 2 is 1.59 bits per heavy atom. The maximum atomic E-state index is 12.2. The first-order valence-corrected chi connectivity index (χ1v) is 11.3. The molecule has 6 nitrogen and oxygen atoms in total. The van der Waals surface area contributed by atoms with Crippen LogP contribution in [0.25, 0.3) is 0 Å². The van der Waals surface area contributed by atoms with Crippen molar-refractivity contribution in [1.29, 1.82) is 0 Å². The standard InChI is InChI=1S/C21H24ClNO5S/c1-3-15-6-5-7-16(4-2)21(15)23-19(24)14-28-20(25)12-13-29(26,27)18-10-8-17(22)9-11-18/h5-11H,3-4,12-14H2,1-2H3,(H,23,24). The topological polar surface area (TPSA) is 89.5 Å². The summed E-state index contributed by atoms with van der Waals surface area (Å²) in [6.07, 6.45) is 1.17. The number of para-hydroxylation sites is 1. The number of ether oxygens (including phenoxy) is 1. The first-order valence-electron chi connectivity index (χ1n) is 9.31. The third-order valence-electron chi connectivity index (χ3n) is 4.38. The fourth-order valence-corrected chi connectivity index (χ4v) is 4.12. The van der Waals surface area contributed by atoms with Gasteiger partial charge in [0.15, 0.2) is 16.4 Å². The summed E-state index contributed by atoms with van der Waals surface area (Å²) in [6.45, 7) is 3.51. The first-order chi connectivity index (χ1) is 13.8. The van der Waals surface area contributed by atoms with Gasteiger partial charge in [0.05, 0.1) is 17.1 Å². The van der Waals surface area contributed by atoms with Crippen LogP contribution in [0.5, 0.6) is 0 Å². The van der Waals surface area contributed by atoms with Crippen molar-refractivity contribution in [1.82, 2.24) is 0 Å². The molecule has 0 spiro atoms. The number of carbonyl (C=O) groups excluding carboxylic acids is 2. The monoisotopic (exact) mass is 437 g/mol. The number of aryl methyl sites for hydroxylation is 2. The zero-order valence-electron chi connectivity index (χ0n) is 16.4. The van der Waals surface area contributed by atoms with Crippen LogP contribution in [0.2, 0.25) is 5.02 Å². The molecule has 0 saturated carbocycles. The molecule has 8 heteroatoms. The van der Waals surface area contributed by atoms with E-state index in [4.69, 9.17) is 16.3 Å². The maximum absolute atomic E-state index is 12.2. The number of hydrogen-bond donors (Lipinski definition) is 1. The van der Waals surface area contributed by atoms with Gasteiger partial charge in [0, 0.05) is 10.7 Å². The third-order valence-corrected chi connectivity index (χ3v) is 6.36. The van der Waals surface area contributed by atoms with E-state index in [0.29, 0.717) is 5.02 Å². The Kier molecular flexibility index (Phi) is 8.22. The van der Waals surface area contributed by atoms with Crippen molar-refractivity contribution in [2.24, 2.45) is 0 Å². The van der Waals surface area contributed by atoms with E-state index in [1.54, 1.807) is 0 Å². The average molecular weight is 438 g/mol. The number of sulfone groups is 1. The van der Waals surface area contributed by atoms with Gasteiger partial charge < -0.3 is 10.1 Å². The Morgan fingerprint density at radius 1 is 1.00 bits per heavy atom. The second-order valence-corrected chi connectivity index (χ2v) is 8.94. The number of amides is 1. The minimum Gasteiger partial charge on any atom is -0.456 e. The molecule has 156 valence electrons. The van der Waals surface area contributed by atoms with Crippen LogP contribution in [0, 0.1) is 0 Å². The predicted octanol–water partition coefficient (Wildman–Crippen LogP) is 3.81. The van der Waals surface area contributed by atoms with E-state index >= 15 is 0 Å². The summed E-state index contributed by atoms with van der Waals surface area (Å²) in [5, 5.41) is 3.21. The van der Waals surface area contributed by atoms with Crippen molar-refractivity contribution < 1.29 is 22.7 Å². The summed E-state index contributed by atoms with van der Waals surface area (Å²) in [5.74, 6) is -1.63. The van der Waals surface area contributed by atoms with E-state index < -0.39 is 34.1 Å². The SMILES string of the molecule is CCc1cccc(CC)c1NC(=O)COC(=O)CCS(=O)(=O)c1ccc(Cl)cc1. The van der Waals surface area contributed by atoms with Crippen LogP contribution in [-0.4, -0.2) is 32.7 Å². The largest absolute Gasteiger partial charge is 0.456 e. The number of anilines is 1. The highest BCUT2D eigenvalue weighted by Crippen LogP contribution is 2.22. The minimum absolute atomic E-state index is 0.0794. The Bertz CT molecular complexity index is 949. The summed E-state index contributed by atoms with van der Waals surface area (Å²) >= 11 is 5.75. The lowest BCUT2D eigenvalue weighted by molar-refractivity contribution is -0.146. The zero-order chi connectivity index (χ0) is 21.4. The van der Waals surface area contributed by atoms with Crippen molar-refractivity contribution in [3.63, 3.8) is 0 Å². The molecule has 0 aliphatic carbocycles. The fraction of sp³-hybridized carbons (Fsp3) is 0.333. The minimum atomic E-state index is -3.64. The molecule has 0 saturated heterocycles. The van der Waals surface area contributed by atoms with E-state index in [9.17, 15) is 18.0 Å². The van der Waals surface area contributed by atoms with Crippen LogP contribution in [0.4, 0.5) is 5.69 Å². The van der Waals surface area contributed by atoms with Crippen molar-refractivity contribution >= 4 is 39.0 Å². The molecule has 0 aliphatic heterocycles. The molecule has 1 N–H and O–H groups in total. The number of esters is 1. The smallest absolute Gasteiger partial charge is 0.307 e. The van der Waals surface area contributed by atoms with E-state index in [0.717, 1.165) is 29.7 Å². The van der Waals surface area contributed by atoms with Crippen molar-refractivity contribution in [2.45, 2.75) is 38.0 Å². The molecule has 0 unspecified atom stereocenters. The first kappa shape index (κ1) is 22.9. The van der Waals surface area contributed by atoms with Crippen molar-refractivity contribution in [3.05, 3.63) is 58.6 Å². The van der Waals surface area contributed by atoms with E-state index in [2.05, 4.69) is 5.32 Å². The highest BCUT2D eigenvalue weighted by Gasteiger charge is 2.18. The van der Waals surface area contributed by atoms with Crippen LogP contribution < -0.4 is 5.32 Å². The summed E-state index contributed by atoms with van der Waals surface area (Å²) in [4.78, 5) is 24.2. The molecule has 0 aliphatic rings. The van der Waals surface area contributed by atoms with Crippen LogP contribution in [0.15, 0.2) is 47.4 Å². The molecule has 0 radical (unpaired) electrons. The number of benzene rings is 2. The number of rotatable bonds is 9. The molecule has 0 heterocycles. The van der Waals surface area contributed by atoms with Gasteiger partial charge >= 0.3 is 5.97 Å². The normalized spacial score (nSPS) is 11.1. The molecule has 0 atom stereocenters.